The van der Waals surface area contributed by atoms with E-state index in [-0.39, 0.29) is 23.0 Å². The van der Waals surface area contributed by atoms with Gasteiger partial charge in [0.05, 0.1) is 17.2 Å². The summed E-state index contributed by atoms with van der Waals surface area (Å²) >= 11 is 0. The molecule has 130 valence electrons. The van der Waals surface area contributed by atoms with Crippen LogP contribution < -0.4 is 5.32 Å². The van der Waals surface area contributed by atoms with Crippen LogP contribution in [-0.4, -0.2) is 16.1 Å². The second kappa shape index (κ2) is 6.68. The van der Waals surface area contributed by atoms with Crippen LogP contribution in [0.3, 0.4) is 0 Å². The van der Waals surface area contributed by atoms with Gasteiger partial charge in [-0.05, 0) is 48.5 Å². The number of nitrogens with one attached hydrogen (secondary N) is 1. The van der Waals surface area contributed by atoms with Gasteiger partial charge >= 0.3 is 12.2 Å². The van der Waals surface area contributed by atoms with Crippen molar-refractivity contribution in [3.05, 3.63) is 65.2 Å². The molecule has 0 aliphatic carbocycles. The number of carbonyl (C=O) groups is 1. The SMILES string of the molecule is N#Cc1ccc(C(=O)Nc2nnc(-c3ccc(C(F)(F)F)cc3)o2)cc1. The van der Waals surface area contributed by atoms with Gasteiger partial charge in [0.2, 0.25) is 5.89 Å². The number of hydrogen-bond acceptors (Lipinski definition) is 5. The molecule has 0 radical (unpaired) electrons. The summed E-state index contributed by atoms with van der Waals surface area (Å²) < 4.78 is 42.9. The Balaban J connectivity index is 1.73. The lowest BCUT2D eigenvalue weighted by molar-refractivity contribution is -0.137. The van der Waals surface area contributed by atoms with Crippen molar-refractivity contribution in [2.75, 3.05) is 5.32 Å². The molecule has 0 fully saturated rings. The zero-order valence-corrected chi connectivity index (χ0v) is 12.9. The van der Waals surface area contributed by atoms with Gasteiger partial charge in [-0.1, -0.05) is 5.10 Å². The van der Waals surface area contributed by atoms with Crippen LogP contribution in [0.15, 0.2) is 52.9 Å². The van der Waals surface area contributed by atoms with E-state index in [0.717, 1.165) is 12.1 Å². The maximum atomic E-state index is 12.6. The maximum Gasteiger partial charge on any atom is 0.416 e. The molecule has 2 aromatic carbocycles. The molecule has 0 aliphatic heterocycles. The average Bonchev–Trinajstić information content (AvgIpc) is 3.09. The van der Waals surface area contributed by atoms with Crippen molar-refractivity contribution in [1.29, 1.82) is 5.26 Å². The number of carbonyl (C=O) groups excluding carboxylic acids is 1. The number of hydrogen-bond donors (Lipinski definition) is 1. The lowest BCUT2D eigenvalue weighted by atomic mass is 10.1. The minimum atomic E-state index is -4.44. The number of halogens is 3. The third-order valence-corrected chi connectivity index (χ3v) is 3.38. The normalized spacial score (nSPS) is 11.0. The molecule has 26 heavy (non-hydrogen) atoms. The molecule has 0 saturated carbocycles. The first-order valence-electron chi connectivity index (χ1n) is 7.19. The highest BCUT2D eigenvalue weighted by Crippen LogP contribution is 2.30. The predicted octanol–water partition coefficient (Wildman–Crippen LogP) is 3.88. The van der Waals surface area contributed by atoms with E-state index in [1.165, 1.54) is 36.4 Å². The first kappa shape index (κ1) is 17.2. The van der Waals surface area contributed by atoms with E-state index < -0.39 is 17.6 Å². The zero-order chi connectivity index (χ0) is 18.7. The molecular formula is C17H9F3N4O2. The third-order valence-electron chi connectivity index (χ3n) is 3.38. The van der Waals surface area contributed by atoms with Crippen LogP contribution in [0.4, 0.5) is 19.2 Å². The van der Waals surface area contributed by atoms with Gasteiger partial charge in [-0.2, -0.15) is 18.4 Å². The van der Waals surface area contributed by atoms with Crippen LogP contribution in [0.5, 0.6) is 0 Å². The fourth-order valence-electron chi connectivity index (χ4n) is 2.06. The second-order valence-electron chi connectivity index (χ2n) is 5.13. The first-order valence-corrected chi connectivity index (χ1v) is 7.19. The molecule has 0 bridgehead atoms. The minimum Gasteiger partial charge on any atom is -0.403 e. The van der Waals surface area contributed by atoms with Crippen molar-refractivity contribution in [1.82, 2.24) is 10.2 Å². The molecule has 1 N–H and O–H groups in total. The molecule has 1 heterocycles. The highest BCUT2D eigenvalue weighted by atomic mass is 19.4. The summed E-state index contributed by atoms with van der Waals surface area (Å²) in [5.74, 6) is -0.564. The Kier molecular flexibility index (Phi) is 4.41. The van der Waals surface area contributed by atoms with Crippen LogP contribution in [0.1, 0.15) is 21.5 Å². The molecule has 1 amide bonds. The number of rotatable bonds is 3. The topological polar surface area (TPSA) is 91.8 Å². The summed E-state index contributed by atoms with van der Waals surface area (Å²) in [7, 11) is 0. The lowest BCUT2D eigenvalue weighted by Gasteiger charge is -2.05. The van der Waals surface area contributed by atoms with Gasteiger partial charge in [-0.15, -0.1) is 5.10 Å². The third kappa shape index (κ3) is 3.70. The summed E-state index contributed by atoms with van der Waals surface area (Å²) in [6.07, 6.45) is -4.44. The van der Waals surface area contributed by atoms with Gasteiger partial charge < -0.3 is 4.42 Å². The summed E-state index contributed by atoms with van der Waals surface area (Å²) in [4.78, 5) is 12.1. The molecule has 0 saturated heterocycles. The monoisotopic (exact) mass is 358 g/mol. The average molecular weight is 358 g/mol. The highest BCUT2D eigenvalue weighted by Gasteiger charge is 2.30. The highest BCUT2D eigenvalue weighted by molar-refractivity contribution is 6.03. The quantitative estimate of drug-likeness (QED) is 0.767. The summed E-state index contributed by atoms with van der Waals surface area (Å²) in [5, 5.41) is 18.4. The van der Waals surface area contributed by atoms with E-state index in [9.17, 15) is 18.0 Å². The minimum absolute atomic E-state index is 0.0335. The number of anilines is 1. The Morgan fingerprint density at radius 3 is 2.27 bits per heavy atom. The Hall–Kier alpha value is -3.67. The molecule has 6 nitrogen and oxygen atoms in total. The first-order chi connectivity index (χ1) is 12.4. The second-order valence-corrected chi connectivity index (χ2v) is 5.13. The molecule has 0 aliphatic rings. The van der Waals surface area contributed by atoms with Crippen LogP contribution in [0.2, 0.25) is 0 Å². The van der Waals surface area contributed by atoms with E-state index in [1.54, 1.807) is 0 Å². The number of alkyl halides is 3. The molecule has 0 spiro atoms. The molecule has 0 atom stereocenters. The van der Waals surface area contributed by atoms with Gasteiger partial charge in [0.15, 0.2) is 0 Å². The van der Waals surface area contributed by atoms with Crippen molar-refractivity contribution in [3.8, 4) is 17.5 Å². The Labute approximate surface area is 144 Å². The van der Waals surface area contributed by atoms with Crippen LogP contribution in [-0.2, 0) is 6.18 Å². The molecule has 3 aromatic rings. The predicted molar refractivity (Wildman–Crippen MR) is 83.8 cm³/mol. The van der Waals surface area contributed by atoms with E-state index in [0.29, 0.717) is 5.56 Å². The van der Waals surface area contributed by atoms with Crippen LogP contribution in [0, 0.1) is 11.3 Å². The lowest BCUT2D eigenvalue weighted by Crippen LogP contribution is -2.11. The Morgan fingerprint density at radius 1 is 1.04 bits per heavy atom. The van der Waals surface area contributed by atoms with Crippen LogP contribution in [0.25, 0.3) is 11.5 Å². The fourth-order valence-corrected chi connectivity index (χ4v) is 2.06. The summed E-state index contributed by atoms with van der Waals surface area (Å²) in [6.45, 7) is 0. The Bertz CT molecular complexity index is 971. The van der Waals surface area contributed by atoms with Gasteiger partial charge in [-0.25, -0.2) is 0 Å². The molecule has 3 rings (SSSR count). The molecule has 0 unspecified atom stereocenters. The van der Waals surface area contributed by atoms with E-state index in [1.807, 2.05) is 6.07 Å². The van der Waals surface area contributed by atoms with E-state index in [2.05, 4.69) is 15.5 Å². The van der Waals surface area contributed by atoms with Crippen molar-refractivity contribution in [2.24, 2.45) is 0 Å². The van der Waals surface area contributed by atoms with Gasteiger partial charge in [0.25, 0.3) is 5.91 Å². The molecular weight excluding hydrogens is 349 g/mol. The number of aromatic nitrogens is 2. The number of benzene rings is 2. The van der Waals surface area contributed by atoms with Crippen molar-refractivity contribution < 1.29 is 22.4 Å². The molecule has 9 heteroatoms. The van der Waals surface area contributed by atoms with Gasteiger partial charge in [0.1, 0.15) is 0 Å². The van der Waals surface area contributed by atoms with Crippen molar-refractivity contribution >= 4 is 11.9 Å². The van der Waals surface area contributed by atoms with Crippen molar-refractivity contribution in [3.63, 3.8) is 0 Å². The van der Waals surface area contributed by atoms with E-state index >= 15 is 0 Å². The fraction of sp³-hybridized carbons (Fsp3) is 0.0588. The maximum absolute atomic E-state index is 12.6. The smallest absolute Gasteiger partial charge is 0.403 e. The van der Waals surface area contributed by atoms with Crippen LogP contribution >= 0.6 is 0 Å². The number of nitrogens with zero attached hydrogens (tertiary/aromatic N) is 3. The van der Waals surface area contributed by atoms with Gasteiger partial charge in [-0.3, -0.25) is 10.1 Å². The number of nitriles is 1. The Morgan fingerprint density at radius 2 is 1.69 bits per heavy atom. The van der Waals surface area contributed by atoms with Crippen molar-refractivity contribution in [2.45, 2.75) is 6.18 Å². The largest absolute Gasteiger partial charge is 0.416 e. The molecule has 1 aromatic heterocycles. The number of amides is 1. The summed E-state index contributed by atoms with van der Waals surface area (Å²) in [6, 6.07) is 11.8. The summed E-state index contributed by atoms with van der Waals surface area (Å²) in [5.41, 5.74) is 0.168. The van der Waals surface area contributed by atoms with E-state index in [4.69, 9.17) is 9.68 Å². The van der Waals surface area contributed by atoms with Gasteiger partial charge in [0, 0.05) is 11.1 Å². The standard InChI is InChI=1S/C17H9F3N4O2/c18-17(19,20)13-7-5-12(6-8-13)15-23-24-16(26-15)22-14(25)11-3-1-10(9-21)2-4-11/h1-8H,(H,22,24,25). The zero-order valence-electron chi connectivity index (χ0n) is 12.9.